The van der Waals surface area contributed by atoms with Gasteiger partial charge in [-0.05, 0) is 13.8 Å². The lowest BCUT2D eigenvalue weighted by Gasteiger charge is -2.02. The lowest BCUT2D eigenvalue weighted by atomic mass is 10.1. The van der Waals surface area contributed by atoms with E-state index in [-0.39, 0.29) is 35.2 Å². The number of amides is 2. The molecule has 0 spiro atoms. The van der Waals surface area contributed by atoms with Crippen LogP contribution in [0.15, 0.2) is 4.42 Å². The molecule has 1 heterocycles. The Morgan fingerprint density at radius 1 is 1.33 bits per heavy atom. The number of carbonyl (C=O) groups excluding carboxylic acids is 3. The maximum atomic E-state index is 11.4. The van der Waals surface area contributed by atoms with Gasteiger partial charge in [0.1, 0.15) is 17.9 Å². The van der Waals surface area contributed by atoms with E-state index >= 15 is 0 Å². The number of nitrogens with one attached hydrogen (secondary N) is 1. The largest absolute Gasteiger partial charge is 0.444 e. The minimum atomic E-state index is -0.843. The average molecular weight is 254 g/mol. The second-order valence-electron chi connectivity index (χ2n) is 3.64. The fraction of sp³-hybridized carbons (Fsp3) is 0.364. The maximum absolute atomic E-state index is 11.4. The van der Waals surface area contributed by atoms with Crippen LogP contribution in [0.25, 0.3) is 0 Å². The minimum absolute atomic E-state index is 0.0789. The van der Waals surface area contributed by atoms with E-state index in [0.29, 0.717) is 0 Å². The Morgan fingerprint density at radius 3 is 2.39 bits per heavy atom. The minimum Gasteiger partial charge on any atom is -0.444 e. The Balaban J connectivity index is 3.20. The van der Waals surface area contributed by atoms with Crippen molar-refractivity contribution < 1.29 is 23.5 Å². The molecule has 0 aliphatic rings. The molecule has 0 saturated heterocycles. The van der Waals surface area contributed by atoms with Crippen molar-refractivity contribution in [2.45, 2.75) is 13.8 Å². The molecule has 3 N–H and O–H groups in total. The van der Waals surface area contributed by atoms with Crippen LogP contribution in [0.4, 0.5) is 5.88 Å². The van der Waals surface area contributed by atoms with E-state index in [1.165, 1.54) is 21.0 Å². The van der Waals surface area contributed by atoms with Crippen molar-refractivity contribution >= 4 is 23.5 Å². The smallest absolute Gasteiger partial charge is 0.255 e. The fourth-order valence-corrected chi connectivity index (χ4v) is 1.59. The second-order valence-corrected chi connectivity index (χ2v) is 3.64. The number of ether oxygens (including phenoxy) is 1. The van der Waals surface area contributed by atoms with Gasteiger partial charge in [0.2, 0.25) is 5.88 Å². The number of ketones is 1. The predicted octanol–water partition coefficient (Wildman–Crippen LogP) is 0.474. The van der Waals surface area contributed by atoms with Crippen molar-refractivity contribution in [3.8, 4) is 0 Å². The number of hydrogen-bond donors (Lipinski definition) is 2. The lowest BCUT2D eigenvalue weighted by Crippen LogP contribution is -2.21. The van der Waals surface area contributed by atoms with Crippen molar-refractivity contribution in [2.24, 2.45) is 5.73 Å². The van der Waals surface area contributed by atoms with Gasteiger partial charge in [-0.1, -0.05) is 0 Å². The Labute approximate surface area is 103 Å². The summed E-state index contributed by atoms with van der Waals surface area (Å²) in [6.07, 6.45) is 0. The molecule has 0 saturated carbocycles. The zero-order valence-corrected chi connectivity index (χ0v) is 10.3. The number of Topliss-reactive ketones (excluding diaryl/α,β-unsaturated/α-hetero) is 1. The molecular formula is C11H14N2O5. The van der Waals surface area contributed by atoms with Gasteiger partial charge in [-0.2, -0.15) is 0 Å². The molecule has 1 aromatic rings. The highest BCUT2D eigenvalue weighted by Crippen LogP contribution is 2.27. The molecule has 0 radical (unpaired) electrons. The molecule has 0 aliphatic carbocycles. The van der Waals surface area contributed by atoms with Gasteiger partial charge in [-0.15, -0.1) is 0 Å². The van der Waals surface area contributed by atoms with E-state index in [9.17, 15) is 14.4 Å². The van der Waals surface area contributed by atoms with Crippen LogP contribution < -0.4 is 11.1 Å². The summed E-state index contributed by atoms with van der Waals surface area (Å²) in [6, 6.07) is 0. The standard InChI is InChI=1S/C11H14N2O5/c1-5(14)8-6(2)18-11(9(8)10(12)16)13-7(15)4-17-3/h4H2,1-3H3,(H2,12,16)(H,13,15). The van der Waals surface area contributed by atoms with Crippen LogP contribution in [0, 0.1) is 6.92 Å². The summed E-state index contributed by atoms with van der Waals surface area (Å²) < 4.78 is 9.80. The van der Waals surface area contributed by atoms with Gasteiger partial charge in [0, 0.05) is 7.11 Å². The van der Waals surface area contributed by atoms with Crippen LogP contribution in [0.5, 0.6) is 0 Å². The van der Waals surface area contributed by atoms with Gasteiger partial charge in [-0.3, -0.25) is 19.7 Å². The molecule has 1 aromatic heterocycles. The Kier molecular flexibility index (Phi) is 4.22. The maximum Gasteiger partial charge on any atom is 0.255 e. The first-order chi connectivity index (χ1) is 8.38. The summed E-state index contributed by atoms with van der Waals surface area (Å²) >= 11 is 0. The Hall–Kier alpha value is -2.15. The monoisotopic (exact) mass is 254 g/mol. The number of rotatable bonds is 5. The van der Waals surface area contributed by atoms with Gasteiger partial charge in [-0.25, -0.2) is 0 Å². The third-order valence-electron chi connectivity index (χ3n) is 2.21. The molecular weight excluding hydrogens is 240 g/mol. The van der Waals surface area contributed by atoms with Crippen LogP contribution in [-0.2, 0) is 9.53 Å². The molecule has 0 aromatic carbocycles. The van der Waals surface area contributed by atoms with Crippen LogP contribution >= 0.6 is 0 Å². The number of furan rings is 1. The van der Waals surface area contributed by atoms with Gasteiger partial charge >= 0.3 is 0 Å². The van der Waals surface area contributed by atoms with Crippen LogP contribution in [0.1, 0.15) is 33.4 Å². The van der Waals surface area contributed by atoms with E-state index < -0.39 is 11.8 Å². The highest BCUT2D eigenvalue weighted by atomic mass is 16.5. The fourth-order valence-electron chi connectivity index (χ4n) is 1.59. The summed E-state index contributed by atoms with van der Waals surface area (Å²) in [5, 5.41) is 2.33. The topological polar surface area (TPSA) is 112 Å². The van der Waals surface area contributed by atoms with Crippen LogP contribution in [-0.4, -0.2) is 31.3 Å². The van der Waals surface area contributed by atoms with Crippen molar-refractivity contribution in [2.75, 3.05) is 19.0 Å². The molecule has 7 heteroatoms. The average Bonchev–Trinajstić information content (AvgIpc) is 2.55. The third kappa shape index (κ3) is 2.75. The van der Waals surface area contributed by atoms with Gasteiger partial charge in [0.25, 0.3) is 11.8 Å². The van der Waals surface area contributed by atoms with E-state index in [1.807, 2.05) is 0 Å². The summed E-state index contributed by atoms with van der Waals surface area (Å²) in [6.45, 7) is 2.59. The molecule has 7 nitrogen and oxygen atoms in total. The summed E-state index contributed by atoms with van der Waals surface area (Å²) in [5.41, 5.74) is 5.14. The third-order valence-corrected chi connectivity index (χ3v) is 2.21. The van der Waals surface area contributed by atoms with Crippen molar-refractivity contribution in [1.29, 1.82) is 0 Å². The highest BCUT2D eigenvalue weighted by molar-refractivity contribution is 6.11. The molecule has 0 aliphatic heterocycles. The molecule has 98 valence electrons. The molecule has 0 unspecified atom stereocenters. The van der Waals surface area contributed by atoms with Crippen molar-refractivity contribution in [3.63, 3.8) is 0 Å². The first-order valence-corrected chi connectivity index (χ1v) is 5.11. The Bertz CT molecular complexity index is 504. The number of nitrogens with two attached hydrogens (primary N) is 1. The van der Waals surface area contributed by atoms with Crippen LogP contribution in [0.2, 0.25) is 0 Å². The number of methoxy groups -OCH3 is 1. The number of primary amides is 1. The predicted molar refractivity (Wildman–Crippen MR) is 62.5 cm³/mol. The van der Waals surface area contributed by atoms with E-state index in [2.05, 4.69) is 10.1 Å². The Morgan fingerprint density at radius 2 is 1.94 bits per heavy atom. The molecule has 0 fully saturated rings. The van der Waals surface area contributed by atoms with E-state index in [1.54, 1.807) is 0 Å². The molecule has 0 bridgehead atoms. The van der Waals surface area contributed by atoms with Crippen molar-refractivity contribution in [1.82, 2.24) is 0 Å². The second kappa shape index (κ2) is 5.46. The summed E-state index contributed by atoms with van der Waals surface area (Å²) in [7, 11) is 1.35. The van der Waals surface area contributed by atoms with Gasteiger partial charge < -0.3 is 14.9 Å². The van der Waals surface area contributed by atoms with Gasteiger partial charge in [0.05, 0.1) is 5.56 Å². The van der Waals surface area contributed by atoms with Crippen molar-refractivity contribution in [3.05, 3.63) is 16.9 Å². The molecule has 18 heavy (non-hydrogen) atoms. The first-order valence-electron chi connectivity index (χ1n) is 5.11. The summed E-state index contributed by atoms with van der Waals surface area (Å²) in [4.78, 5) is 34.1. The highest BCUT2D eigenvalue weighted by Gasteiger charge is 2.25. The zero-order valence-electron chi connectivity index (χ0n) is 10.3. The lowest BCUT2D eigenvalue weighted by molar-refractivity contribution is -0.119. The molecule has 2 amide bonds. The first kappa shape index (κ1) is 13.9. The summed E-state index contributed by atoms with van der Waals surface area (Å²) in [5.74, 6) is -1.62. The number of anilines is 1. The van der Waals surface area contributed by atoms with E-state index in [0.717, 1.165) is 0 Å². The zero-order chi connectivity index (χ0) is 13.9. The number of carbonyl (C=O) groups is 3. The van der Waals surface area contributed by atoms with E-state index in [4.69, 9.17) is 10.2 Å². The number of hydrogen-bond acceptors (Lipinski definition) is 5. The molecule has 1 rings (SSSR count). The van der Waals surface area contributed by atoms with Crippen LogP contribution in [0.3, 0.4) is 0 Å². The quantitative estimate of drug-likeness (QED) is 0.742. The normalized spacial score (nSPS) is 10.2. The SMILES string of the molecule is COCC(=O)Nc1oc(C)c(C(C)=O)c1C(N)=O. The number of aryl methyl sites for hydroxylation is 1. The molecule has 0 atom stereocenters. The van der Waals surface area contributed by atoms with Gasteiger partial charge in [0.15, 0.2) is 5.78 Å².